The fourth-order valence-corrected chi connectivity index (χ4v) is 2.82. The van der Waals surface area contributed by atoms with Crippen LogP contribution >= 0.6 is 0 Å². The molecule has 0 aliphatic heterocycles. The molecule has 0 spiro atoms. The third-order valence-corrected chi connectivity index (χ3v) is 4.55. The lowest BCUT2D eigenvalue weighted by Gasteiger charge is -2.19. The van der Waals surface area contributed by atoms with Gasteiger partial charge in [0, 0.05) is 30.2 Å². The Morgan fingerprint density at radius 1 is 1.00 bits per heavy atom. The first kappa shape index (κ1) is 20.3. The van der Waals surface area contributed by atoms with E-state index in [1.54, 1.807) is 7.11 Å². The van der Waals surface area contributed by atoms with Crippen molar-refractivity contribution in [3.05, 3.63) is 77.6 Å². The van der Waals surface area contributed by atoms with Crippen LogP contribution in [0.3, 0.4) is 0 Å². The number of methoxy groups -OCH3 is 1. The van der Waals surface area contributed by atoms with Crippen LogP contribution in [0.1, 0.15) is 42.3 Å². The maximum Gasteiger partial charge on any atom is 0.254 e. The van der Waals surface area contributed by atoms with Gasteiger partial charge >= 0.3 is 0 Å². The molecule has 2 aromatic carbocycles. The summed E-state index contributed by atoms with van der Waals surface area (Å²) in [4.78, 5) is 20.9. The molecule has 6 heteroatoms. The summed E-state index contributed by atoms with van der Waals surface area (Å²) >= 11 is 0. The number of rotatable bonds is 6. The highest BCUT2D eigenvalue weighted by atomic mass is 16.5. The normalized spacial score (nSPS) is 11.0. The first-order valence-electron chi connectivity index (χ1n) is 9.46. The average molecular weight is 390 g/mol. The standard InChI is InChI=1S/C23H26N4O2/c1-23(2,3)18-9-11-19(12-10-18)27-22-25-14-17(15-26-22)21(28)24-13-16-7-5-6-8-20(16)29-4/h5-12,14-15H,13H2,1-4H3,(H,24,28)(H,25,26,27). The van der Waals surface area contributed by atoms with E-state index in [-0.39, 0.29) is 11.3 Å². The molecule has 3 rings (SSSR count). The van der Waals surface area contributed by atoms with Gasteiger partial charge in [-0.05, 0) is 29.2 Å². The molecule has 0 aliphatic carbocycles. The second kappa shape index (κ2) is 8.73. The monoisotopic (exact) mass is 390 g/mol. The van der Waals surface area contributed by atoms with Gasteiger partial charge in [0.15, 0.2) is 0 Å². The van der Waals surface area contributed by atoms with Gasteiger partial charge in [0.1, 0.15) is 5.75 Å². The molecule has 1 amide bonds. The molecule has 0 bridgehead atoms. The van der Waals surface area contributed by atoms with Crippen LogP contribution in [0, 0.1) is 0 Å². The van der Waals surface area contributed by atoms with Crippen LogP contribution in [-0.4, -0.2) is 23.0 Å². The van der Waals surface area contributed by atoms with E-state index < -0.39 is 0 Å². The fraction of sp³-hybridized carbons (Fsp3) is 0.261. The molecule has 0 unspecified atom stereocenters. The topological polar surface area (TPSA) is 76.1 Å². The highest BCUT2D eigenvalue weighted by Crippen LogP contribution is 2.24. The molecule has 3 aromatic rings. The van der Waals surface area contributed by atoms with E-state index in [1.165, 1.54) is 18.0 Å². The van der Waals surface area contributed by atoms with Gasteiger partial charge in [0.2, 0.25) is 5.95 Å². The van der Waals surface area contributed by atoms with E-state index in [0.29, 0.717) is 18.1 Å². The molecule has 0 fully saturated rings. The molecular formula is C23H26N4O2. The second-order valence-corrected chi connectivity index (χ2v) is 7.74. The minimum Gasteiger partial charge on any atom is -0.496 e. The number of benzene rings is 2. The Kier molecular flexibility index (Phi) is 6.12. The van der Waals surface area contributed by atoms with Crippen molar-refractivity contribution in [3.63, 3.8) is 0 Å². The molecule has 29 heavy (non-hydrogen) atoms. The quantitative estimate of drug-likeness (QED) is 0.650. The predicted octanol–water partition coefficient (Wildman–Crippen LogP) is 4.46. The zero-order valence-corrected chi connectivity index (χ0v) is 17.2. The summed E-state index contributed by atoms with van der Waals surface area (Å²) in [5, 5.41) is 6.01. The smallest absolute Gasteiger partial charge is 0.254 e. The van der Waals surface area contributed by atoms with E-state index in [2.05, 4.69) is 53.5 Å². The molecule has 1 heterocycles. The molecule has 6 nitrogen and oxygen atoms in total. The third kappa shape index (κ3) is 5.31. The number of nitrogens with one attached hydrogen (secondary N) is 2. The van der Waals surface area contributed by atoms with E-state index in [0.717, 1.165) is 17.0 Å². The summed E-state index contributed by atoms with van der Waals surface area (Å²) in [6.07, 6.45) is 3.02. The van der Waals surface area contributed by atoms with Crippen LogP contribution in [0.5, 0.6) is 5.75 Å². The Morgan fingerprint density at radius 2 is 1.66 bits per heavy atom. The highest BCUT2D eigenvalue weighted by molar-refractivity contribution is 5.93. The van der Waals surface area contributed by atoms with Gasteiger partial charge in [0.05, 0.1) is 12.7 Å². The lowest BCUT2D eigenvalue weighted by molar-refractivity contribution is 0.0950. The zero-order valence-electron chi connectivity index (χ0n) is 17.2. The summed E-state index contributed by atoms with van der Waals surface area (Å²) < 4.78 is 5.30. The number of amides is 1. The number of nitrogens with zero attached hydrogens (tertiary/aromatic N) is 2. The van der Waals surface area contributed by atoms with Gasteiger partial charge in [-0.1, -0.05) is 51.1 Å². The summed E-state index contributed by atoms with van der Waals surface area (Å²) in [6, 6.07) is 15.7. The Morgan fingerprint density at radius 3 is 2.28 bits per heavy atom. The lowest BCUT2D eigenvalue weighted by atomic mass is 9.87. The number of carbonyl (C=O) groups excluding carboxylic acids is 1. The maximum absolute atomic E-state index is 12.4. The van der Waals surface area contributed by atoms with Crippen molar-refractivity contribution in [3.8, 4) is 5.75 Å². The van der Waals surface area contributed by atoms with Gasteiger partial charge in [-0.25, -0.2) is 9.97 Å². The minimum atomic E-state index is -0.239. The van der Waals surface area contributed by atoms with Crippen LogP contribution < -0.4 is 15.4 Å². The number of ether oxygens (including phenoxy) is 1. The maximum atomic E-state index is 12.4. The Labute approximate surface area is 171 Å². The Balaban J connectivity index is 1.60. The molecule has 1 aromatic heterocycles. The zero-order chi connectivity index (χ0) is 20.9. The summed E-state index contributed by atoms with van der Waals surface area (Å²) in [7, 11) is 1.61. The molecule has 150 valence electrons. The van der Waals surface area contributed by atoms with Crippen molar-refractivity contribution < 1.29 is 9.53 Å². The Hall–Kier alpha value is -3.41. The van der Waals surface area contributed by atoms with Crippen LogP contribution in [0.15, 0.2) is 60.9 Å². The number of hydrogen-bond acceptors (Lipinski definition) is 5. The summed E-state index contributed by atoms with van der Waals surface area (Å²) in [6.45, 7) is 6.89. The highest BCUT2D eigenvalue weighted by Gasteiger charge is 2.13. The molecule has 0 saturated heterocycles. The lowest BCUT2D eigenvalue weighted by Crippen LogP contribution is -2.23. The SMILES string of the molecule is COc1ccccc1CNC(=O)c1cnc(Nc2ccc(C(C)(C)C)cc2)nc1. The van der Waals surface area contributed by atoms with Crippen LogP contribution in [-0.2, 0) is 12.0 Å². The summed E-state index contributed by atoms with van der Waals surface area (Å²) in [5.41, 5.74) is 3.56. The molecular weight excluding hydrogens is 364 g/mol. The van der Waals surface area contributed by atoms with Crippen molar-refractivity contribution in [1.82, 2.24) is 15.3 Å². The van der Waals surface area contributed by atoms with Gasteiger partial charge in [-0.15, -0.1) is 0 Å². The first-order chi connectivity index (χ1) is 13.9. The van der Waals surface area contributed by atoms with Gasteiger partial charge in [0.25, 0.3) is 5.91 Å². The fourth-order valence-electron chi connectivity index (χ4n) is 2.82. The molecule has 0 aliphatic rings. The number of para-hydroxylation sites is 1. The predicted molar refractivity (Wildman–Crippen MR) is 115 cm³/mol. The summed E-state index contributed by atoms with van der Waals surface area (Å²) in [5.74, 6) is 0.938. The largest absolute Gasteiger partial charge is 0.496 e. The van der Waals surface area contributed by atoms with Crippen LogP contribution in [0.4, 0.5) is 11.6 Å². The van der Waals surface area contributed by atoms with Gasteiger partial charge in [-0.2, -0.15) is 0 Å². The molecule has 0 radical (unpaired) electrons. The molecule has 0 atom stereocenters. The van der Waals surface area contributed by atoms with Crippen LogP contribution in [0.2, 0.25) is 0 Å². The number of hydrogen-bond donors (Lipinski definition) is 2. The first-order valence-corrected chi connectivity index (χ1v) is 9.46. The van der Waals surface area contributed by atoms with Crippen molar-refractivity contribution in [2.75, 3.05) is 12.4 Å². The van der Waals surface area contributed by atoms with E-state index in [9.17, 15) is 4.79 Å². The van der Waals surface area contributed by atoms with Crippen molar-refractivity contribution in [2.45, 2.75) is 32.7 Å². The van der Waals surface area contributed by atoms with E-state index >= 15 is 0 Å². The molecule has 0 saturated carbocycles. The van der Waals surface area contributed by atoms with Crippen molar-refractivity contribution in [1.29, 1.82) is 0 Å². The average Bonchev–Trinajstić information content (AvgIpc) is 2.72. The van der Waals surface area contributed by atoms with Gasteiger partial charge < -0.3 is 15.4 Å². The van der Waals surface area contributed by atoms with Crippen LogP contribution in [0.25, 0.3) is 0 Å². The second-order valence-electron chi connectivity index (χ2n) is 7.74. The minimum absolute atomic E-state index is 0.105. The molecule has 2 N–H and O–H groups in total. The Bertz CT molecular complexity index is 961. The van der Waals surface area contributed by atoms with Crippen molar-refractivity contribution >= 4 is 17.5 Å². The third-order valence-electron chi connectivity index (χ3n) is 4.55. The van der Waals surface area contributed by atoms with E-state index in [4.69, 9.17) is 4.74 Å². The van der Waals surface area contributed by atoms with Crippen molar-refractivity contribution in [2.24, 2.45) is 0 Å². The van der Waals surface area contributed by atoms with E-state index in [1.807, 2.05) is 36.4 Å². The number of carbonyl (C=O) groups is 1. The number of anilines is 2. The van der Waals surface area contributed by atoms with Gasteiger partial charge in [-0.3, -0.25) is 4.79 Å². The number of aromatic nitrogens is 2.